The third-order valence-corrected chi connectivity index (χ3v) is 5.00. The fraction of sp³-hybridized carbons (Fsp3) is 0.350. The van der Waals surface area contributed by atoms with Crippen LogP contribution in [0.25, 0.3) is 0 Å². The lowest BCUT2D eigenvalue weighted by atomic mass is 10.0. The van der Waals surface area contributed by atoms with E-state index in [1.807, 2.05) is 24.3 Å². The molecule has 4 rings (SSSR count). The Balaban J connectivity index is 0.00000169. The van der Waals surface area contributed by atoms with E-state index in [1.165, 1.54) is 11.1 Å². The summed E-state index contributed by atoms with van der Waals surface area (Å²) in [7, 11) is 0. The monoisotopic (exact) mass is 342 g/mol. The summed E-state index contributed by atoms with van der Waals surface area (Å²) in [5.41, 5.74) is 10.3. The lowest BCUT2D eigenvalue weighted by Gasteiger charge is -2.30. The van der Waals surface area contributed by atoms with Crippen LogP contribution in [0.2, 0.25) is 0 Å². The molecule has 0 radical (unpaired) electrons. The Morgan fingerprint density at radius 3 is 2.46 bits per heavy atom. The quantitative estimate of drug-likeness (QED) is 0.856. The zero-order valence-electron chi connectivity index (χ0n) is 13.7. The van der Waals surface area contributed by atoms with Crippen molar-refractivity contribution in [3.05, 3.63) is 65.2 Å². The molecule has 2 aromatic carbocycles. The van der Waals surface area contributed by atoms with Crippen molar-refractivity contribution < 1.29 is 4.79 Å². The summed E-state index contributed by atoms with van der Waals surface area (Å²) in [6.45, 7) is 0. The van der Waals surface area contributed by atoms with E-state index in [4.69, 9.17) is 5.73 Å². The van der Waals surface area contributed by atoms with Crippen molar-refractivity contribution in [2.45, 2.75) is 44.2 Å². The number of rotatable bonds is 4. The van der Waals surface area contributed by atoms with Crippen LogP contribution in [0, 0.1) is 0 Å². The van der Waals surface area contributed by atoms with Gasteiger partial charge >= 0.3 is 0 Å². The molecular weight excluding hydrogens is 320 g/mol. The first kappa shape index (κ1) is 16.8. The number of halogens is 1. The Labute approximate surface area is 149 Å². The van der Waals surface area contributed by atoms with E-state index >= 15 is 0 Å². The molecule has 3 nitrogen and oxygen atoms in total. The van der Waals surface area contributed by atoms with Crippen LogP contribution in [-0.4, -0.2) is 16.8 Å². The van der Waals surface area contributed by atoms with Gasteiger partial charge in [0.25, 0.3) is 0 Å². The number of nitrogen functional groups attached to an aromatic ring is 1. The van der Waals surface area contributed by atoms with Crippen LogP contribution >= 0.6 is 12.4 Å². The number of fused-ring (bicyclic) bond motifs is 1. The van der Waals surface area contributed by atoms with Crippen molar-refractivity contribution in [3.8, 4) is 0 Å². The number of benzene rings is 2. The Bertz CT molecular complexity index is 725. The maximum Gasteiger partial charge on any atom is 0.227 e. The molecule has 0 bridgehead atoms. The summed E-state index contributed by atoms with van der Waals surface area (Å²) >= 11 is 0. The maximum absolute atomic E-state index is 13.0. The molecule has 1 fully saturated rings. The lowest BCUT2D eigenvalue weighted by molar-refractivity contribution is -0.133. The van der Waals surface area contributed by atoms with Gasteiger partial charge in [-0.25, -0.2) is 0 Å². The summed E-state index contributed by atoms with van der Waals surface area (Å²) in [4.78, 5) is 15.1. The van der Waals surface area contributed by atoms with Gasteiger partial charge in [-0.05, 0) is 54.5 Å². The number of nitrogens with two attached hydrogens (primary N) is 1. The second kappa shape index (κ2) is 6.86. The largest absolute Gasteiger partial charge is 0.399 e. The smallest absolute Gasteiger partial charge is 0.227 e. The second-order valence-electron chi connectivity index (χ2n) is 6.70. The first-order valence-corrected chi connectivity index (χ1v) is 8.46. The van der Waals surface area contributed by atoms with Crippen LogP contribution in [0.15, 0.2) is 48.5 Å². The molecule has 0 spiro atoms. The average molecular weight is 343 g/mol. The van der Waals surface area contributed by atoms with Crippen LogP contribution < -0.4 is 5.73 Å². The molecule has 1 unspecified atom stereocenters. The lowest BCUT2D eigenvalue weighted by Crippen LogP contribution is -2.37. The van der Waals surface area contributed by atoms with Gasteiger partial charge in [-0.2, -0.15) is 0 Å². The van der Waals surface area contributed by atoms with Crippen LogP contribution in [0.4, 0.5) is 5.69 Å². The number of amides is 1. The Morgan fingerprint density at radius 1 is 1.04 bits per heavy atom. The van der Waals surface area contributed by atoms with Gasteiger partial charge in [0.15, 0.2) is 0 Å². The fourth-order valence-electron chi connectivity index (χ4n) is 3.71. The molecule has 126 valence electrons. The molecule has 2 aromatic rings. The molecule has 1 saturated carbocycles. The van der Waals surface area contributed by atoms with Gasteiger partial charge in [-0.15, -0.1) is 12.4 Å². The van der Waals surface area contributed by atoms with Gasteiger partial charge in [0.1, 0.15) is 0 Å². The van der Waals surface area contributed by atoms with Crippen molar-refractivity contribution in [1.29, 1.82) is 0 Å². The number of nitrogens with zero attached hydrogens (tertiary/aromatic N) is 1. The van der Waals surface area contributed by atoms with Crippen molar-refractivity contribution >= 4 is 24.0 Å². The van der Waals surface area contributed by atoms with E-state index in [0.29, 0.717) is 12.5 Å². The predicted octanol–water partition coefficient (Wildman–Crippen LogP) is 3.91. The first-order valence-electron chi connectivity index (χ1n) is 8.46. The highest BCUT2D eigenvalue weighted by atomic mass is 35.5. The topological polar surface area (TPSA) is 46.3 Å². The third-order valence-electron chi connectivity index (χ3n) is 5.00. The summed E-state index contributed by atoms with van der Waals surface area (Å²) in [5.74, 6) is 0.249. The summed E-state index contributed by atoms with van der Waals surface area (Å²) in [5, 5.41) is 0. The number of hydrogen-bond acceptors (Lipinski definition) is 2. The highest BCUT2D eigenvalue weighted by molar-refractivity contribution is 5.85. The number of aryl methyl sites for hydroxylation is 1. The molecule has 0 heterocycles. The standard InChI is InChI=1S/C20H22N2O.ClH/c21-16-8-5-14(6-9-16)13-20(23)22(17-10-11-17)19-12-7-15-3-1-2-4-18(15)19;/h1-6,8-9,17,19H,7,10-13,21H2;1H. The molecule has 0 aromatic heterocycles. The normalized spacial score (nSPS) is 18.6. The van der Waals surface area contributed by atoms with Crippen molar-refractivity contribution in [2.75, 3.05) is 5.73 Å². The Kier molecular flexibility index (Phi) is 4.81. The number of carbonyl (C=O) groups is 1. The minimum atomic E-state index is 0. The predicted molar refractivity (Wildman–Crippen MR) is 99.2 cm³/mol. The molecule has 1 atom stereocenters. The highest BCUT2D eigenvalue weighted by Gasteiger charge is 2.39. The zero-order valence-corrected chi connectivity index (χ0v) is 14.5. The van der Waals surface area contributed by atoms with Gasteiger partial charge in [0, 0.05) is 11.7 Å². The SMILES string of the molecule is Cl.Nc1ccc(CC(=O)N(C2CC2)C2CCc3ccccc32)cc1. The van der Waals surface area contributed by atoms with E-state index in [-0.39, 0.29) is 24.4 Å². The van der Waals surface area contributed by atoms with Crippen LogP contribution in [0.3, 0.4) is 0 Å². The van der Waals surface area contributed by atoms with Gasteiger partial charge in [0.05, 0.1) is 12.5 Å². The van der Waals surface area contributed by atoms with Gasteiger partial charge in [0.2, 0.25) is 5.91 Å². The van der Waals surface area contributed by atoms with Crippen molar-refractivity contribution in [1.82, 2.24) is 4.90 Å². The summed E-state index contributed by atoms with van der Waals surface area (Å²) < 4.78 is 0. The van der Waals surface area contributed by atoms with Crippen LogP contribution in [-0.2, 0) is 17.6 Å². The van der Waals surface area contributed by atoms with Gasteiger partial charge in [-0.3, -0.25) is 4.79 Å². The first-order chi connectivity index (χ1) is 11.2. The minimum Gasteiger partial charge on any atom is -0.399 e. The molecule has 24 heavy (non-hydrogen) atoms. The van der Waals surface area contributed by atoms with Crippen LogP contribution in [0.5, 0.6) is 0 Å². The molecule has 1 amide bonds. The Hall–Kier alpha value is -2.00. The minimum absolute atomic E-state index is 0. The number of anilines is 1. The molecule has 2 N–H and O–H groups in total. The van der Waals surface area contributed by atoms with E-state index < -0.39 is 0 Å². The molecular formula is C20H23ClN2O. The van der Waals surface area contributed by atoms with Gasteiger partial charge in [-0.1, -0.05) is 36.4 Å². The highest BCUT2D eigenvalue weighted by Crippen LogP contribution is 2.42. The molecule has 0 aliphatic heterocycles. The molecule has 0 saturated heterocycles. The maximum atomic E-state index is 13.0. The van der Waals surface area contributed by atoms with Crippen LogP contribution in [0.1, 0.15) is 42.0 Å². The Morgan fingerprint density at radius 2 is 1.75 bits per heavy atom. The van der Waals surface area contributed by atoms with E-state index in [2.05, 4.69) is 29.2 Å². The second-order valence-corrected chi connectivity index (χ2v) is 6.70. The third kappa shape index (κ3) is 3.27. The van der Waals surface area contributed by atoms with E-state index in [0.717, 1.165) is 36.9 Å². The van der Waals surface area contributed by atoms with Crippen molar-refractivity contribution in [2.24, 2.45) is 0 Å². The average Bonchev–Trinajstić information content (AvgIpc) is 3.30. The molecule has 4 heteroatoms. The zero-order chi connectivity index (χ0) is 15.8. The summed E-state index contributed by atoms with van der Waals surface area (Å²) in [6, 6.07) is 16.9. The number of carbonyl (C=O) groups excluding carboxylic acids is 1. The summed E-state index contributed by atoms with van der Waals surface area (Å²) in [6.07, 6.45) is 4.90. The molecule has 2 aliphatic rings. The van der Waals surface area contributed by atoms with E-state index in [9.17, 15) is 4.79 Å². The number of hydrogen-bond donors (Lipinski definition) is 1. The van der Waals surface area contributed by atoms with Gasteiger partial charge < -0.3 is 10.6 Å². The van der Waals surface area contributed by atoms with Crippen molar-refractivity contribution in [3.63, 3.8) is 0 Å². The fourth-order valence-corrected chi connectivity index (χ4v) is 3.71. The van der Waals surface area contributed by atoms with E-state index in [1.54, 1.807) is 0 Å². The molecule has 2 aliphatic carbocycles.